The number of aromatic nitrogens is 3. The van der Waals surface area contributed by atoms with E-state index < -0.39 is 0 Å². The molecule has 1 saturated heterocycles. The maximum atomic E-state index is 4.61. The topological polar surface area (TPSA) is 37.2 Å². The van der Waals surface area contributed by atoms with Gasteiger partial charge in [0, 0.05) is 50.5 Å². The Kier molecular flexibility index (Phi) is 3.76. The first-order valence-corrected chi connectivity index (χ1v) is 7.89. The maximum Gasteiger partial charge on any atom is 0.185 e. The predicted molar refractivity (Wildman–Crippen MR) is 82.1 cm³/mol. The van der Waals surface area contributed by atoms with Gasteiger partial charge in [0.25, 0.3) is 0 Å². The van der Waals surface area contributed by atoms with Gasteiger partial charge in [-0.05, 0) is 13.8 Å². The van der Waals surface area contributed by atoms with Crippen molar-refractivity contribution in [1.29, 1.82) is 0 Å². The third-order valence-electron chi connectivity index (χ3n) is 3.85. The fraction of sp³-hybridized carbons (Fsp3) is 0.571. The number of rotatable bonds is 3. The van der Waals surface area contributed by atoms with Gasteiger partial charge < -0.3 is 9.47 Å². The fourth-order valence-electron chi connectivity index (χ4n) is 2.68. The SMILES string of the molecule is Cc1csc(N2CCN(Cc3nccn3C)C[C@@H]2C)n1. The number of nitrogens with zero attached hydrogens (tertiary/aromatic N) is 5. The lowest BCUT2D eigenvalue weighted by Gasteiger charge is -2.39. The molecule has 0 unspecified atom stereocenters. The summed E-state index contributed by atoms with van der Waals surface area (Å²) in [6.45, 7) is 8.43. The number of piperazine rings is 1. The summed E-state index contributed by atoms with van der Waals surface area (Å²) in [6.07, 6.45) is 3.88. The van der Waals surface area contributed by atoms with Gasteiger partial charge in [-0.1, -0.05) is 0 Å². The molecule has 2 aromatic heterocycles. The van der Waals surface area contributed by atoms with Crippen LogP contribution in [-0.2, 0) is 13.6 Å². The van der Waals surface area contributed by atoms with Gasteiger partial charge in [0.15, 0.2) is 5.13 Å². The third kappa shape index (κ3) is 2.71. The largest absolute Gasteiger partial charge is 0.343 e. The highest BCUT2D eigenvalue weighted by molar-refractivity contribution is 7.13. The lowest BCUT2D eigenvalue weighted by atomic mass is 10.2. The number of thiazole rings is 1. The van der Waals surface area contributed by atoms with Gasteiger partial charge in [0.2, 0.25) is 0 Å². The molecule has 3 rings (SSSR count). The summed E-state index contributed by atoms with van der Waals surface area (Å²) in [4.78, 5) is 13.9. The minimum atomic E-state index is 0.495. The second-order valence-electron chi connectivity index (χ2n) is 5.50. The van der Waals surface area contributed by atoms with Gasteiger partial charge in [0.1, 0.15) is 5.82 Å². The highest BCUT2D eigenvalue weighted by Gasteiger charge is 2.26. The van der Waals surface area contributed by atoms with Crippen LogP contribution in [0, 0.1) is 6.92 Å². The molecule has 20 heavy (non-hydrogen) atoms. The molecule has 2 aromatic rings. The summed E-state index contributed by atoms with van der Waals surface area (Å²) in [5.41, 5.74) is 1.12. The highest BCUT2D eigenvalue weighted by atomic mass is 32.1. The molecule has 1 aliphatic heterocycles. The van der Waals surface area contributed by atoms with Crippen molar-refractivity contribution in [3.8, 4) is 0 Å². The van der Waals surface area contributed by atoms with Crippen molar-refractivity contribution in [3.05, 3.63) is 29.3 Å². The monoisotopic (exact) mass is 291 g/mol. The van der Waals surface area contributed by atoms with Crippen LogP contribution in [0.15, 0.2) is 17.8 Å². The van der Waals surface area contributed by atoms with Gasteiger partial charge in [-0.2, -0.15) is 0 Å². The van der Waals surface area contributed by atoms with Crippen molar-refractivity contribution >= 4 is 16.5 Å². The van der Waals surface area contributed by atoms with E-state index in [1.807, 2.05) is 12.4 Å². The summed E-state index contributed by atoms with van der Waals surface area (Å²) < 4.78 is 2.10. The molecule has 0 radical (unpaired) electrons. The van der Waals surface area contributed by atoms with Crippen LogP contribution in [-0.4, -0.2) is 45.1 Å². The molecular formula is C14H21N5S. The van der Waals surface area contributed by atoms with Crippen molar-refractivity contribution < 1.29 is 0 Å². The van der Waals surface area contributed by atoms with Crippen molar-refractivity contribution in [2.45, 2.75) is 26.4 Å². The molecule has 108 valence electrons. The van der Waals surface area contributed by atoms with E-state index in [4.69, 9.17) is 0 Å². The maximum absolute atomic E-state index is 4.61. The minimum absolute atomic E-state index is 0.495. The van der Waals surface area contributed by atoms with E-state index >= 15 is 0 Å². The highest BCUT2D eigenvalue weighted by Crippen LogP contribution is 2.24. The van der Waals surface area contributed by atoms with E-state index in [1.165, 1.54) is 0 Å². The molecule has 0 bridgehead atoms. The van der Waals surface area contributed by atoms with Crippen molar-refractivity contribution in [3.63, 3.8) is 0 Å². The number of hydrogen-bond acceptors (Lipinski definition) is 5. The van der Waals surface area contributed by atoms with Crippen LogP contribution in [0.5, 0.6) is 0 Å². The molecule has 6 heteroatoms. The first kappa shape index (κ1) is 13.6. The Labute approximate surface area is 123 Å². The van der Waals surface area contributed by atoms with Crippen LogP contribution in [0.4, 0.5) is 5.13 Å². The summed E-state index contributed by atoms with van der Waals surface area (Å²) in [6, 6.07) is 0.495. The van der Waals surface area contributed by atoms with E-state index in [9.17, 15) is 0 Å². The molecule has 0 aromatic carbocycles. The fourth-order valence-corrected chi connectivity index (χ4v) is 3.62. The van der Waals surface area contributed by atoms with Gasteiger partial charge in [-0.25, -0.2) is 9.97 Å². The summed E-state index contributed by atoms with van der Waals surface area (Å²) in [7, 11) is 2.06. The van der Waals surface area contributed by atoms with E-state index in [2.05, 4.69) is 50.6 Å². The molecule has 1 fully saturated rings. The number of aryl methyl sites for hydroxylation is 2. The average molecular weight is 291 g/mol. The van der Waals surface area contributed by atoms with Crippen LogP contribution in [0.25, 0.3) is 0 Å². The van der Waals surface area contributed by atoms with E-state index in [0.717, 1.165) is 42.8 Å². The lowest BCUT2D eigenvalue weighted by Crippen LogP contribution is -2.51. The standard InChI is InChI=1S/C14H21N5S/c1-11-10-20-14(16-11)19-7-6-18(8-12(19)2)9-13-15-4-5-17(13)3/h4-5,10,12H,6-9H2,1-3H3/t12-/m0/s1. The smallest absolute Gasteiger partial charge is 0.185 e. The van der Waals surface area contributed by atoms with Gasteiger partial charge >= 0.3 is 0 Å². The van der Waals surface area contributed by atoms with Gasteiger partial charge in [0.05, 0.1) is 12.2 Å². The minimum Gasteiger partial charge on any atom is -0.343 e. The molecule has 5 nitrogen and oxygen atoms in total. The number of anilines is 1. The zero-order chi connectivity index (χ0) is 14.1. The molecule has 1 atom stereocenters. The van der Waals surface area contributed by atoms with E-state index in [1.54, 1.807) is 11.3 Å². The van der Waals surface area contributed by atoms with Crippen molar-refractivity contribution in [2.24, 2.45) is 7.05 Å². The predicted octanol–water partition coefficient (Wildman–Crippen LogP) is 1.90. The quantitative estimate of drug-likeness (QED) is 0.865. The third-order valence-corrected chi connectivity index (χ3v) is 4.85. The van der Waals surface area contributed by atoms with Crippen molar-refractivity contribution in [2.75, 3.05) is 24.5 Å². The van der Waals surface area contributed by atoms with Crippen LogP contribution in [0.3, 0.4) is 0 Å². The molecule has 1 aliphatic rings. The Morgan fingerprint density at radius 1 is 1.40 bits per heavy atom. The summed E-state index contributed by atoms with van der Waals surface area (Å²) >= 11 is 1.75. The summed E-state index contributed by atoms with van der Waals surface area (Å²) in [5, 5.41) is 3.29. The second-order valence-corrected chi connectivity index (χ2v) is 6.34. The molecule has 0 spiro atoms. The zero-order valence-electron chi connectivity index (χ0n) is 12.3. The van der Waals surface area contributed by atoms with Crippen LogP contribution in [0.1, 0.15) is 18.4 Å². The number of imidazole rings is 1. The summed E-state index contributed by atoms with van der Waals surface area (Å²) in [5.74, 6) is 1.13. The normalized spacial score (nSPS) is 20.6. The first-order chi connectivity index (χ1) is 9.63. The molecule has 0 saturated carbocycles. The Morgan fingerprint density at radius 2 is 2.25 bits per heavy atom. The van der Waals surface area contributed by atoms with Gasteiger partial charge in [-0.3, -0.25) is 4.90 Å². The Morgan fingerprint density at radius 3 is 2.85 bits per heavy atom. The Bertz CT molecular complexity index is 576. The van der Waals surface area contributed by atoms with Crippen LogP contribution < -0.4 is 4.90 Å². The Hall–Kier alpha value is -1.40. The number of hydrogen-bond donors (Lipinski definition) is 0. The molecule has 3 heterocycles. The Balaban J connectivity index is 1.63. The molecule has 0 N–H and O–H groups in total. The lowest BCUT2D eigenvalue weighted by molar-refractivity contribution is 0.214. The van der Waals surface area contributed by atoms with E-state index in [-0.39, 0.29) is 0 Å². The first-order valence-electron chi connectivity index (χ1n) is 7.01. The second kappa shape index (κ2) is 5.54. The molecule has 0 amide bonds. The van der Waals surface area contributed by atoms with Crippen LogP contribution in [0.2, 0.25) is 0 Å². The van der Waals surface area contributed by atoms with E-state index in [0.29, 0.717) is 6.04 Å². The van der Waals surface area contributed by atoms with Crippen molar-refractivity contribution in [1.82, 2.24) is 19.4 Å². The average Bonchev–Trinajstić information content (AvgIpc) is 3.00. The van der Waals surface area contributed by atoms with Crippen LogP contribution >= 0.6 is 11.3 Å². The zero-order valence-corrected chi connectivity index (χ0v) is 13.1. The van der Waals surface area contributed by atoms with Gasteiger partial charge in [-0.15, -0.1) is 11.3 Å². The molecule has 0 aliphatic carbocycles. The molecular weight excluding hydrogens is 270 g/mol.